The summed E-state index contributed by atoms with van der Waals surface area (Å²) >= 11 is 0. The summed E-state index contributed by atoms with van der Waals surface area (Å²) in [5, 5.41) is 4.39. The summed E-state index contributed by atoms with van der Waals surface area (Å²) < 4.78 is 12.5. The van der Waals surface area contributed by atoms with Crippen LogP contribution in [0.2, 0.25) is 0 Å². The van der Waals surface area contributed by atoms with Gasteiger partial charge in [-0.2, -0.15) is 5.10 Å². The van der Waals surface area contributed by atoms with E-state index < -0.39 is 0 Å². The molecule has 1 amide bonds. The summed E-state index contributed by atoms with van der Waals surface area (Å²) in [5.41, 5.74) is 3.10. The maximum Gasteiger partial charge on any atom is 0.274 e. The molecule has 2 heterocycles. The third-order valence-corrected chi connectivity index (χ3v) is 5.60. The second-order valence-electron chi connectivity index (χ2n) is 7.68. The number of methoxy groups -OCH3 is 1. The number of nitrogens with zero attached hydrogens (tertiary/aromatic N) is 4. The lowest BCUT2D eigenvalue weighted by molar-refractivity contribution is 0.0620. The van der Waals surface area contributed by atoms with Crippen LogP contribution >= 0.6 is 0 Å². The van der Waals surface area contributed by atoms with Gasteiger partial charge in [0.1, 0.15) is 11.5 Å². The van der Waals surface area contributed by atoms with Crippen molar-refractivity contribution < 1.29 is 14.3 Å². The number of carbonyl (C=O) groups is 1. The molecule has 4 rings (SSSR count). The Bertz CT molecular complexity index is 1010. The van der Waals surface area contributed by atoms with Crippen LogP contribution in [0.15, 0.2) is 60.8 Å². The fraction of sp³-hybridized carbons (Fsp3) is 0.333. The van der Waals surface area contributed by atoms with Gasteiger partial charge in [0.05, 0.1) is 7.11 Å². The van der Waals surface area contributed by atoms with Gasteiger partial charge in [0.15, 0.2) is 12.4 Å². The van der Waals surface area contributed by atoms with Crippen molar-refractivity contribution >= 4 is 5.91 Å². The van der Waals surface area contributed by atoms with E-state index in [0.29, 0.717) is 24.5 Å². The van der Waals surface area contributed by atoms with Gasteiger partial charge in [-0.1, -0.05) is 24.3 Å². The van der Waals surface area contributed by atoms with Gasteiger partial charge in [-0.15, -0.1) is 0 Å². The van der Waals surface area contributed by atoms with E-state index >= 15 is 0 Å². The lowest BCUT2D eigenvalue weighted by Gasteiger charge is -2.34. The molecule has 1 aromatic heterocycles. The van der Waals surface area contributed by atoms with Crippen LogP contribution in [0.3, 0.4) is 0 Å². The quantitative estimate of drug-likeness (QED) is 0.588. The molecule has 0 N–H and O–H groups in total. The minimum atomic E-state index is -0.0289. The lowest BCUT2D eigenvalue weighted by atomic mass is 10.1. The molecule has 0 atom stereocenters. The number of aromatic nitrogens is 2. The fourth-order valence-electron chi connectivity index (χ4n) is 3.66. The smallest absolute Gasteiger partial charge is 0.274 e. The minimum absolute atomic E-state index is 0.0289. The first-order chi connectivity index (χ1) is 15.1. The van der Waals surface area contributed by atoms with Crippen molar-refractivity contribution in [2.45, 2.75) is 20.2 Å². The zero-order valence-electron chi connectivity index (χ0n) is 18.0. The van der Waals surface area contributed by atoms with Crippen molar-refractivity contribution in [1.29, 1.82) is 0 Å². The summed E-state index contributed by atoms with van der Waals surface area (Å²) in [7, 11) is 1.63. The number of piperazine rings is 1. The molecule has 1 fully saturated rings. The van der Waals surface area contributed by atoms with E-state index in [9.17, 15) is 4.79 Å². The molecule has 7 heteroatoms. The van der Waals surface area contributed by atoms with Gasteiger partial charge in [-0.3, -0.25) is 9.69 Å². The summed E-state index contributed by atoms with van der Waals surface area (Å²) in [6, 6.07) is 17.6. The average molecular weight is 421 g/mol. The maximum atomic E-state index is 12.9. The molecule has 2 aromatic carbocycles. The Labute approximate surface area is 182 Å². The molecule has 31 heavy (non-hydrogen) atoms. The first kappa shape index (κ1) is 20.9. The normalized spacial score (nSPS) is 14.5. The van der Waals surface area contributed by atoms with Crippen LogP contribution in [-0.4, -0.2) is 58.8 Å². The van der Waals surface area contributed by atoms with Crippen LogP contribution in [0.25, 0.3) is 0 Å². The Morgan fingerprint density at radius 1 is 0.968 bits per heavy atom. The van der Waals surface area contributed by atoms with Crippen LogP contribution in [-0.2, 0) is 13.3 Å². The van der Waals surface area contributed by atoms with E-state index in [2.05, 4.69) is 41.2 Å². The molecule has 0 spiro atoms. The van der Waals surface area contributed by atoms with Crippen molar-refractivity contribution in [3.8, 4) is 11.5 Å². The molecular formula is C24H28N4O3. The van der Waals surface area contributed by atoms with Gasteiger partial charge >= 0.3 is 0 Å². The Morgan fingerprint density at radius 3 is 2.39 bits per heavy atom. The molecule has 1 saturated heterocycles. The number of aryl methyl sites for hydroxylation is 1. The number of hydrogen-bond acceptors (Lipinski definition) is 5. The van der Waals surface area contributed by atoms with Crippen molar-refractivity contribution in [3.63, 3.8) is 0 Å². The number of ether oxygens (including phenoxy) is 2. The molecule has 3 aromatic rings. The highest BCUT2D eigenvalue weighted by Crippen LogP contribution is 2.17. The van der Waals surface area contributed by atoms with Crippen molar-refractivity contribution in [2.24, 2.45) is 0 Å². The van der Waals surface area contributed by atoms with Crippen LogP contribution in [0.5, 0.6) is 11.5 Å². The Hall–Kier alpha value is -3.32. The summed E-state index contributed by atoms with van der Waals surface area (Å²) in [6.45, 7) is 6.45. The van der Waals surface area contributed by atoms with E-state index in [1.165, 1.54) is 11.1 Å². The van der Waals surface area contributed by atoms with Gasteiger partial charge in [-0.25, -0.2) is 4.68 Å². The topological polar surface area (TPSA) is 59.8 Å². The highest BCUT2D eigenvalue weighted by atomic mass is 16.5. The SMILES string of the molecule is COc1ccc(OCn2ccc(C(=O)N3CCN(Cc4ccccc4C)CC3)n2)cc1. The number of hydrogen-bond donors (Lipinski definition) is 0. The van der Waals surface area contributed by atoms with Crippen LogP contribution in [0.1, 0.15) is 21.6 Å². The predicted octanol–water partition coefficient (Wildman–Crippen LogP) is 3.19. The van der Waals surface area contributed by atoms with Crippen molar-refractivity contribution in [3.05, 3.63) is 77.6 Å². The summed E-state index contributed by atoms with van der Waals surface area (Å²) in [5.74, 6) is 1.46. The second-order valence-corrected chi connectivity index (χ2v) is 7.68. The largest absolute Gasteiger partial charge is 0.497 e. The van der Waals surface area contributed by atoms with E-state index in [1.54, 1.807) is 24.1 Å². The summed E-state index contributed by atoms with van der Waals surface area (Å²) in [6.07, 6.45) is 1.77. The fourth-order valence-corrected chi connectivity index (χ4v) is 3.66. The molecule has 0 aliphatic carbocycles. The zero-order chi connectivity index (χ0) is 21.6. The summed E-state index contributed by atoms with van der Waals surface area (Å²) in [4.78, 5) is 17.1. The highest BCUT2D eigenvalue weighted by molar-refractivity contribution is 5.92. The molecule has 0 bridgehead atoms. The number of carbonyl (C=O) groups excluding carboxylic acids is 1. The first-order valence-electron chi connectivity index (χ1n) is 10.5. The van der Waals surface area contributed by atoms with Gasteiger partial charge in [0.2, 0.25) is 0 Å². The Kier molecular flexibility index (Phi) is 6.52. The van der Waals surface area contributed by atoms with E-state index in [4.69, 9.17) is 9.47 Å². The monoisotopic (exact) mass is 420 g/mol. The third-order valence-electron chi connectivity index (χ3n) is 5.60. The highest BCUT2D eigenvalue weighted by Gasteiger charge is 2.24. The Morgan fingerprint density at radius 2 is 1.68 bits per heavy atom. The van der Waals surface area contributed by atoms with Crippen molar-refractivity contribution in [2.75, 3.05) is 33.3 Å². The molecule has 0 radical (unpaired) electrons. The molecular weight excluding hydrogens is 392 g/mol. The van der Waals surface area contributed by atoms with Crippen molar-refractivity contribution in [1.82, 2.24) is 19.6 Å². The van der Waals surface area contributed by atoms with Crippen LogP contribution in [0, 0.1) is 6.92 Å². The third kappa shape index (κ3) is 5.24. The first-order valence-corrected chi connectivity index (χ1v) is 10.5. The molecule has 0 unspecified atom stereocenters. The molecule has 0 saturated carbocycles. The molecule has 1 aliphatic heterocycles. The average Bonchev–Trinajstić information content (AvgIpc) is 3.29. The van der Waals surface area contributed by atoms with Gasteiger partial charge in [0, 0.05) is 38.9 Å². The molecule has 7 nitrogen and oxygen atoms in total. The lowest BCUT2D eigenvalue weighted by Crippen LogP contribution is -2.48. The van der Waals surface area contributed by atoms with Gasteiger partial charge in [0.25, 0.3) is 5.91 Å². The number of rotatable bonds is 7. The van der Waals surface area contributed by atoms with E-state index in [1.807, 2.05) is 29.2 Å². The van der Waals surface area contributed by atoms with Crippen LogP contribution < -0.4 is 9.47 Å². The zero-order valence-corrected chi connectivity index (χ0v) is 18.0. The Balaban J connectivity index is 1.27. The molecule has 162 valence electrons. The molecule has 1 aliphatic rings. The predicted molar refractivity (Wildman–Crippen MR) is 118 cm³/mol. The minimum Gasteiger partial charge on any atom is -0.497 e. The second kappa shape index (κ2) is 9.66. The standard InChI is InChI=1S/C24H28N4O3/c1-19-5-3-4-6-20(19)17-26-13-15-27(16-14-26)24(29)23-11-12-28(25-23)18-31-22-9-7-21(30-2)8-10-22/h3-12H,13-18H2,1-2H3. The number of benzene rings is 2. The number of amides is 1. The van der Waals surface area contributed by atoms with Crippen LogP contribution in [0.4, 0.5) is 0 Å². The van der Waals surface area contributed by atoms with Gasteiger partial charge < -0.3 is 14.4 Å². The van der Waals surface area contributed by atoms with E-state index in [0.717, 1.165) is 25.4 Å². The maximum absolute atomic E-state index is 12.9. The van der Waals surface area contributed by atoms with E-state index in [-0.39, 0.29) is 12.6 Å². The van der Waals surface area contributed by atoms with Gasteiger partial charge in [-0.05, 0) is 48.4 Å².